The molecule has 41 heavy (non-hydrogen) atoms. The maximum atomic E-state index is 12.7. The normalized spacial score (nSPS) is 13.5. The van der Waals surface area contributed by atoms with E-state index in [1.54, 1.807) is 0 Å². The van der Waals surface area contributed by atoms with Gasteiger partial charge >= 0.3 is 12.0 Å². The van der Waals surface area contributed by atoms with Gasteiger partial charge in [-0.25, -0.2) is 14.6 Å². The van der Waals surface area contributed by atoms with Crippen molar-refractivity contribution in [2.45, 2.75) is 19.9 Å². The molecular weight excluding hydrogens is 514 g/mol. The van der Waals surface area contributed by atoms with E-state index in [4.69, 9.17) is 4.98 Å². The molecule has 6 aromatic rings. The summed E-state index contributed by atoms with van der Waals surface area (Å²) < 4.78 is 4.29. The number of pyridine rings is 1. The van der Waals surface area contributed by atoms with Crippen LogP contribution < -0.4 is 5.32 Å². The SMILES string of the molecule is Cc1cccc2c1c(Cc1c(-c3ccc4ccccc4c3C(=O)O)nc3ccccn13)cn2CCN1CCNC1=O. The monoisotopic (exact) mass is 543 g/mol. The van der Waals surface area contributed by atoms with Crippen molar-refractivity contribution in [3.63, 3.8) is 0 Å². The third-order valence-corrected chi connectivity index (χ3v) is 8.13. The summed E-state index contributed by atoms with van der Waals surface area (Å²) >= 11 is 0. The van der Waals surface area contributed by atoms with Crippen LogP contribution >= 0.6 is 0 Å². The third-order valence-electron chi connectivity index (χ3n) is 8.13. The van der Waals surface area contributed by atoms with Gasteiger partial charge < -0.3 is 24.3 Å². The highest BCUT2D eigenvalue weighted by molar-refractivity contribution is 6.09. The van der Waals surface area contributed by atoms with Gasteiger partial charge in [-0.15, -0.1) is 0 Å². The van der Waals surface area contributed by atoms with Crippen molar-refractivity contribution in [2.24, 2.45) is 0 Å². The number of benzene rings is 3. The number of aromatic nitrogens is 3. The molecule has 1 saturated heterocycles. The Bertz CT molecular complexity index is 1990. The number of rotatable bonds is 7. The molecule has 3 aromatic heterocycles. The summed E-state index contributed by atoms with van der Waals surface area (Å²) in [6.45, 7) is 4.82. The van der Waals surface area contributed by atoms with Crippen LogP contribution in [0, 0.1) is 6.92 Å². The molecule has 0 radical (unpaired) electrons. The average molecular weight is 544 g/mol. The van der Waals surface area contributed by atoms with E-state index >= 15 is 0 Å². The summed E-state index contributed by atoms with van der Waals surface area (Å²) in [6.07, 6.45) is 4.72. The smallest absolute Gasteiger partial charge is 0.337 e. The minimum absolute atomic E-state index is 0.0159. The predicted octanol–water partition coefficient (Wildman–Crippen LogP) is 5.73. The second-order valence-corrected chi connectivity index (χ2v) is 10.6. The van der Waals surface area contributed by atoms with Gasteiger partial charge in [0.2, 0.25) is 0 Å². The number of fused-ring (bicyclic) bond motifs is 3. The van der Waals surface area contributed by atoms with Crippen molar-refractivity contribution in [3.8, 4) is 11.3 Å². The van der Waals surface area contributed by atoms with Gasteiger partial charge in [0.05, 0.1) is 17.0 Å². The van der Waals surface area contributed by atoms with E-state index in [2.05, 4.69) is 45.6 Å². The summed E-state index contributed by atoms with van der Waals surface area (Å²) in [6, 6.07) is 23.6. The number of nitrogens with zero attached hydrogens (tertiary/aromatic N) is 4. The van der Waals surface area contributed by atoms with E-state index in [1.165, 1.54) is 10.9 Å². The number of hydrogen-bond acceptors (Lipinski definition) is 3. The van der Waals surface area contributed by atoms with E-state index in [-0.39, 0.29) is 11.6 Å². The first-order chi connectivity index (χ1) is 20.0. The highest BCUT2D eigenvalue weighted by Gasteiger charge is 2.24. The number of carboxylic acids is 1. The standard InChI is InChI=1S/C33H29N5O3/c1-21-7-6-10-26-29(21)23(20-37(26)18-17-36-16-14-34-33(36)41)19-27-31(35-28-11-4-5-15-38(27)28)25-13-12-22-8-2-3-9-24(22)30(25)32(39)40/h2-13,15,20H,14,16-19H2,1H3,(H,34,41)(H,39,40). The highest BCUT2D eigenvalue weighted by atomic mass is 16.4. The Morgan fingerprint density at radius 3 is 2.68 bits per heavy atom. The number of urea groups is 1. The second kappa shape index (κ2) is 9.82. The fraction of sp³-hybridized carbons (Fsp3) is 0.182. The van der Waals surface area contributed by atoms with Crippen LogP contribution in [-0.2, 0) is 13.0 Å². The van der Waals surface area contributed by atoms with Gasteiger partial charge in [0.25, 0.3) is 0 Å². The number of aromatic carboxylic acids is 1. The van der Waals surface area contributed by atoms with Gasteiger partial charge in [0.1, 0.15) is 5.65 Å². The largest absolute Gasteiger partial charge is 0.478 e. The predicted molar refractivity (Wildman–Crippen MR) is 160 cm³/mol. The number of imidazole rings is 1. The van der Waals surface area contributed by atoms with Gasteiger partial charge in [-0.1, -0.05) is 54.6 Å². The molecule has 2 amide bonds. The van der Waals surface area contributed by atoms with Crippen LogP contribution in [0.4, 0.5) is 4.79 Å². The Balaban J connectivity index is 1.38. The zero-order valence-corrected chi connectivity index (χ0v) is 22.7. The van der Waals surface area contributed by atoms with Crippen LogP contribution in [0.15, 0.2) is 85.2 Å². The lowest BCUT2D eigenvalue weighted by molar-refractivity contribution is 0.0699. The van der Waals surface area contributed by atoms with Gasteiger partial charge in [0, 0.05) is 61.5 Å². The Morgan fingerprint density at radius 2 is 1.85 bits per heavy atom. The quantitative estimate of drug-likeness (QED) is 0.269. The van der Waals surface area contributed by atoms with Crippen LogP contribution in [0.3, 0.4) is 0 Å². The molecule has 0 saturated carbocycles. The number of nitrogens with one attached hydrogen (secondary N) is 1. The molecule has 8 heteroatoms. The molecule has 1 aliphatic rings. The minimum Gasteiger partial charge on any atom is -0.478 e. The van der Waals surface area contributed by atoms with Crippen LogP contribution in [0.25, 0.3) is 38.6 Å². The zero-order valence-electron chi connectivity index (χ0n) is 22.7. The molecule has 0 atom stereocenters. The van der Waals surface area contributed by atoms with Crippen molar-refractivity contribution < 1.29 is 14.7 Å². The number of carbonyl (C=O) groups is 2. The maximum absolute atomic E-state index is 12.7. The maximum Gasteiger partial charge on any atom is 0.337 e. The fourth-order valence-corrected chi connectivity index (χ4v) is 6.21. The van der Waals surface area contributed by atoms with E-state index in [1.807, 2.05) is 65.7 Å². The van der Waals surface area contributed by atoms with Gasteiger partial charge in [0.15, 0.2) is 0 Å². The van der Waals surface area contributed by atoms with Crippen LogP contribution in [0.2, 0.25) is 0 Å². The van der Waals surface area contributed by atoms with Crippen molar-refractivity contribution in [1.29, 1.82) is 0 Å². The van der Waals surface area contributed by atoms with Gasteiger partial charge in [-0.3, -0.25) is 0 Å². The van der Waals surface area contributed by atoms with Gasteiger partial charge in [-0.2, -0.15) is 0 Å². The molecule has 1 fully saturated rings. The van der Waals surface area contributed by atoms with Crippen molar-refractivity contribution in [3.05, 3.63) is 108 Å². The molecular formula is C33H29N5O3. The molecule has 3 aromatic carbocycles. The lowest BCUT2D eigenvalue weighted by Crippen LogP contribution is -2.31. The highest BCUT2D eigenvalue weighted by Crippen LogP contribution is 2.35. The Kier molecular flexibility index (Phi) is 5.96. The molecule has 8 nitrogen and oxygen atoms in total. The number of carbonyl (C=O) groups excluding carboxylic acids is 1. The summed E-state index contributed by atoms with van der Waals surface area (Å²) in [5.41, 5.74) is 6.65. The first-order valence-corrected chi connectivity index (χ1v) is 13.8. The molecule has 204 valence electrons. The van der Waals surface area contributed by atoms with Gasteiger partial charge in [-0.05, 0) is 47.0 Å². The zero-order chi connectivity index (χ0) is 28.1. The summed E-state index contributed by atoms with van der Waals surface area (Å²) in [5, 5.41) is 16.0. The van der Waals surface area contributed by atoms with E-state index in [0.717, 1.165) is 27.8 Å². The number of amides is 2. The summed E-state index contributed by atoms with van der Waals surface area (Å²) in [4.78, 5) is 31.6. The van der Waals surface area contributed by atoms with E-state index in [9.17, 15) is 14.7 Å². The van der Waals surface area contributed by atoms with Crippen LogP contribution in [0.1, 0.15) is 27.2 Å². The molecule has 4 heterocycles. The molecule has 7 rings (SSSR count). The number of aryl methyl sites for hydroxylation is 1. The fourth-order valence-electron chi connectivity index (χ4n) is 6.21. The Morgan fingerprint density at radius 1 is 1.00 bits per heavy atom. The summed E-state index contributed by atoms with van der Waals surface area (Å²) in [5.74, 6) is -0.974. The molecule has 0 bridgehead atoms. The lowest BCUT2D eigenvalue weighted by Gasteiger charge is -2.15. The number of hydrogen-bond donors (Lipinski definition) is 2. The topological polar surface area (TPSA) is 91.9 Å². The van der Waals surface area contributed by atoms with E-state index < -0.39 is 5.97 Å². The average Bonchev–Trinajstić information content (AvgIpc) is 3.67. The second-order valence-electron chi connectivity index (χ2n) is 10.6. The van der Waals surface area contributed by atoms with Crippen molar-refractivity contribution in [2.75, 3.05) is 19.6 Å². The molecule has 0 spiro atoms. The van der Waals surface area contributed by atoms with Crippen LogP contribution in [-0.4, -0.2) is 55.6 Å². The first-order valence-electron chi connectivity index (χ1n) is 13.8. The molecule has 2 N–H and O–H groups in total. The Labute approximate surface area is 236 Å². The summed E-state index contributed by atoms with van der Waals surface area (Å²) in [7, 11) is 0. The number of carboxylic acid groups (broad SMARTS) is 1. The Hall–Kier alpha value is -5.11. The lowest BCUT2D eigenvalue weighted by atomic mass is 9.94. The van der Waals surface area contributed by atoms with Crippen molar-refractivity contribution >= 4 is 39.3 Å². The molecule has 1 aliphatic heterocycles. The third kappa shape index (κ3) is 4.19. The minimum atomic E-state index is -0.974. The molecule has 0 aliphatic carbocycles. The van der Waals surface area contributed by atoms with Crippen LogP contribution in [0.5, 0.6) is 0 Å². The molecule has 0 unspecified atom stereocenters. The van der Waals surface area contributed by atoms with E-state index in [0.29, 0.717) is 49.2 Å². The first kappa shape index (κ1) is 24.9. The van der Waals surface area contributed by atoms with Crippen molar-refractivity contribution in [1.82, 2.24) is 24.2 Å².